The molecule has 2 rings (SSSR count). The van der Waals surface area contributed by atoms with E-state index < -0.39 is 16.8 Å². The van der Waals surface area contributed by atoms with E-state index in [2.05, 4.69) is 6.58 Å². The van der Waals surface area contributed by atoms with Gasteiger partial charge in [-0.25, -0.2) is 0 Å². The van der Waals surface area contributed by atoms with E-state index in [0.717, 1.165) is 5.56 Å². The third kappa shape index (κ3) is 3.65. The zero-order chi connectivity index (χ0) is 16.1. The van der Waals surface area contributed by atoms with Gasteiger partial charge in [-0.2, -0.15) is 0 Å². The van der Waals surface area contributed by atoms with Crippen LogP contribution in [0.5, 0.6) is 0 Å². The molecule has 0 spiro atoms. The van der Waals surface area contributed by atoms with Crippen LogP contribution in [0.3, 0.4) is 0 Å². The molecule has 0 radical (unpaired) electrons. The van der Waals surface area contributed by atoms with Gasteiger partial charge in [-0.15, -0.1) is 0 Å². The minimum atomic E-state index is -1.23. The van der Waals surface area contributed by atoms with Crippen molar-refractivity contribution in [1.29, 1.82) is 0 Å². The second kappa shape index (κ2) is 6.78. The molecule has 0 aliphatic carbocycles. The third-order valence-electron chi connectivity index (χ3n) is 3.29. The molecule has 0 aliphatic heterocycles. The third-order valence-corrected chi connectivity index (χ3v) is 3.29. The summed E-state index contributed by atoms with van der Waals surface area (Å²) in [5, 5.41) is 20.6. The Morgan fingerprint density at radius 3 is 2.23 bits per heavy atom. The first kappa shape index (κ1) is 15.6. The first-order valence-electron chi connectivity index (χ1n) is 6.69. The number of carbonyl (C=O) groups is 1. The van der Waals surface area contributed by atoms with Gasteiger partial charge in [-0.3, -0.25) is 14.9 Å². The highest BCUT2D eigenvalue weighted by Crippen LogP contribution is 2.20. The van der Waals surface area contributed by atoms with Gasteiger partial charge in [0.15, 0.2) is 5.78 Å². The molecule has 1 atom stereocenters. The maximum atomic E-state index is 12.1. The van der Waals surface area contributed by atoms with Gasteiger partial charge < -0.3 is 5.11 Å². The lowest BCUT2D eigenvalue weighted by atomic mass is 9.96. The molecular weight excluding hydrogens is 282 g/mol. The van der Waals surface area contributed by atoms with Crippen molar-refractivity contribution >= 4 is 17.0 Å². The lowest BCUT2D eigenvalue weighted by Gasteiger charge is -2.12. The Hall–Kier alpha value is -2.79. The minimum Gasteiger partial charge on any atom is -0.385 e. The number of rotatable bonds is 6. The van der Waals surface area contributed by atoms with E-state index in [9.17, 15) is 20.0 Å². The van der Waals surface area contributed by atoms with Crippen molar-refractivity contribution in [2.24, 2.45) is 0 Å². The van der Waals surface area contributed by atoms with Crippen molar-refractivity contribution in [3.8, 4) is 0 Å². The molecule has 2 aromatic rings. The minimum absolute atomic E-state index is 0.0975. The number of hydrogen-bond donors (Lipinski definition) is 1. The van der Waals surface area contributed by atoms with Gasteiger partial charge in [0, 0.05) is 24.1 Å². The molecular formula is C17H15NO4. The number of hydrogen-bond acceptors (Lipinski definition) is 4. The van der Waals surface area contributed by atoms with Gasteiger partial charge in [0.25, 0.3) is 5.69 Å². The van der Waals surface area contributed by atoms with Crippen molar-refractivity contribution < 1.29 is 14.8 Å². The molecule has 0 amide bonds. The van der Waals surface area contributed by atoms with E-state index in [1.165, 1.54) is 24.3 Å². The molecule has 1 N–H and O–H groups in total. The smallest absolute Gasteiger partial charge is 0.269 e. The zero-order valence-corrected chi connectivity index (χ0v) is 11.8. The summed E-state index contributed by atoms with van der Waals surface area (Å²) in [5.74, 6) is -0.480. The van der Waals surface area contributed by atoms with E-state index in [1.54, 1.807) is 0 Å². The topological polar surface area (TPSA) is 80.4 Å². The predicted molar refractivity (Wildman–Crippen MR) is 83.5 cm³/mol. The summed E-state index contributed by atoms with van der Waals surface area (Å²) in [6, 6.07) is 14.4. The SMILES string of the molecule is C=C(CC(O)C(=O)c1ccc([N+](=O)[O-])cc1)c1ccccc1. The summed E-state index contributed by atoms with van der Waals surface area (Å²) in [5.41, 5.74) is 1.65. The summed E-state index contributed by atoms with van der Waals surface area (Å²) in [4.78, 5) is 22.2. The van der Waals surface area contributed by atoms with E-state index in [-0.39, 0.29) is 17.7 Å². The summed E-state index contributed by atoms with van der Waals surface area (Å²) < 4.78 is 0. The normalized spacial score (nSPS) is 11.7. The molecule has 0 heterocycles. The van der Waals surface area contributed by atoms with Gasteiger partial charge in [0.05, 0.1) is 4.92 Å². The van der Waals surface area contributed by atoms with Crippen molar-refractivity contribution in [2.45, 2.75) is 12.5 Å². The molecule has 0 bridgehead atoms. The molecule has 5 heteroatoms. The highest BCUT2D eigenvalue weighted by Gasteiger charge is 2.19. The zero-order valence-electron chi connectivity index (χ0n) is 11.8. The Balaban J connectivity index is 2.06. The second-order valence-electron chi connectivity index (χ2n) is 4.86. The maximum absolute atomic E-state index is 12.1. The largest absolute Gasteiger partial charge is 0.385 e. The molecule has 0 aliphatic rings. The Labute approximate surface area is 127 Å². The van der Waals surface area contributed by atoms with Gasteiger partial charge >= 0.3 is 0 Å². The fourth-order valence-electron chi connectivity index (χ4n) is 2.06. The number of ketones is 1. The van der Waals surface area contributed by atoms with Crippen LogP contribution in [0.25, 0.3) is 5.57 Å². The maximum Gasteiger partial charge on any atom is 0.269 e. The Morgan fingerprint density at radius 2 is 1.68 bits per heavy atom. The molecule has 0 saturated heterocycles. The number of aliphatic hydroxyl groups is 1. The summed E-state index contributed by atoms with van der Waals surface area (Å²) in [6.45, 7) is 3.88. The fourth-order valence-corrected chi connectivity index (χ4v) is 2.06. The van der Waals surface area contributed by atoms with E-state index in [0.29, 0.717) is 5.57 Å². The summed E-state index contributed by atoms with van der Waals surface area (Å²) >= 11 is 0. The van der Waals surface area contributed by atoms with E-state index >= 15 is 0 Å². The van der Waals surface area contributed by atoms with Crippen LogP contribution in [0.1, 0.15) is 22.3 Å². The first-order valence-corrected chi connectivity index (χ1v) is 6.69. The number of benzene rings is 2. The average molecular weight is 297 g/mol. The summed E-state index contributed by atoms with van der Waals surface area (Å²) in [6.07, 6.45) is -1.12. The Kier molecular flexibility index (Phi) is 4.80. The van der Waals surface area contributed by atoms with Crippen LogP contribution in [0.2, 0.25) is 0 Å². The molecule has 2 aromatic carbocycles. The van der Waals surface area contributed by atoms with Crippen molar-refractivity contribution in [3.63, 3.8) is 0 Å². The van der Waals surface area contributed by atoms with Crippen molar-refractivity contribution in [3.05, 3.63) is 82.4 Å². The first-order chi connectivity index (χ1) is 10.5. The Bertz CT molecular complexity index is 692. The highest BCUT2D eigenvalue weighted by atomic mass is 16.6. The van der Waals surface area contributed by atoms with Crippen LogP contribution in [-0.4, -0.2) is 21.9 Å². The molecule has 22 heavy (non-hydrogen) atoms. The standard InChI is InChI=1S/C17H15NO4/c1-12(13-5-3-2-4-6-13)11-16(19)17(20)14-7-9-15(10-8-14)18(21)22/h2-10,16,19H,1,11H2. The molecule has 0 aromatic heterocycles. The lowest BCUT2D eigenvalue weighted by Crippen LogP contribution is -2.20. The molecule has 1 unspecified atom stereocenters. The van der Waals surface area contributed by atoms with Gasteiger partial charge in [0.2, 0.25) is 0 Å². The highest BCUT2D eigenvalue weighted by molar-refractivity contribution is 6.00. The average Bonchev–Trinajstić information content (AvgIpc) is 2.55. The quantitative estimate of drug-likeness (QED) is 0.504. The van der Waals surface area contributed by atoms with Crippen LogP contribution in [0.15, 0.2) is 61.2 Å². The fraction of sp³-hybridized carbons (Fsp3) is 0.118. The number of aliphatic hydroxyl groups excluding tert-OH is 1. The van der Waals surface area contributed by atoms with Gasteiger partial charge in [-0.05, 0) is 23.3 Å². The number of Topliss-reactive ketones (excluding diaryl/α,β-unsaturated/α-hetero) is 1. The number of nitro groups is 1. The lowest BCUT2D eigenvalue weighted by molar-refractivity contribution is -0.384. The number of non-ortho nitro benzene ring substituents is 1. The monoisotopic (exact) mass is 297 g/mol. The Morgan fingerprint density at radius 1 is 1.09 bits per heavy atom. The van der Waals surface area contributed by atoms with Gasteiger partial charge in [0.1, 0.15) is 6.10 Å². The number of nitrogens with zero attached hydrogens (tertiary/aromatic N) is 1. The second-order valence-corrected chi connectivity index (χ2v) is 4.86. The van der Waals surface area contributed by atoms with Crippen LogP contribution < -0.4 is 0 Å². The predicted octanol–water partition coefficient (Wildman–Crippen LogP) is 3.24. The molecule has 112 valence electrons. The number of nitro benzene ring substituents is 1. The van der Waals surface area contributed by atoms with Crippen molar-refractivity contribution in [1.82, 2.24) is 0 Å². The van der Waals surface area contributed by atoms with Crippen LogP contribution in [0, 0.1) is 10.1 Å². The van der Waals surface area contributed by atoms with Crippen LogP contribution >= 0.6 is 0 Å². The van der Waals surface area contributed by atoms with Gasteiger partial charge in [-0.1, -0.05) is 36.9 Å². The number of carbonyl (C=O) groups excluding carboxylic acids is 1. The molecule has 5 nitrogen and oxygen atoms in total. The van der Waals surface area contributed by atoms with Crippen LogP contribution in [0.4, 0.5) is 5.69 Å². The molecule has 0 fully saturated rings. The molecule has 0 saturated carbocycles. The summed E-state index contributed by atoms with van der Waals surface area (Å²) in [7, 11) is 0. The van der Waals surface area contributed by atoms with Crippen LogP contribution in [-0.2, 0) is 0 Å². The van der Waals surface area contributed by atoms with Crippen molar-refractivity contribution in [2.75, 3.05) is 0 Å². The van der Waals surface area contributed by atoms with E-state index in [1.807, 2.05) is 30.3 Å². The van der Waals surface area contributed by atoms with E-state index in [4.69, 9.17) is 0 Å².